The Morgan fingerprint density at radius 3 is 2.43 bits per heavy atom. The molecule has 0 atom stereocenters. The van der Waals surface area contributed by atoms with Crippen molar-refractivity contribution >= 4 is 28.2 Å². The van der Waals surface area contributed by atoms with Gasteiger partial charge >= 0.3 is 0 Å². The van der Waals surface area contributed by atoms with Gasteiger partial charge in [0.1, 0.15) is 5.69 Å². The van der Waals surface area contributed by atoms with Gasteiger partial charge in [-0.1, -0.05) is 37.6 Å². The van der Waals surface area contributed by atoms with Crippen LogP contribution in [-0.4, -0.2) is 28.9 Å². The molecule has 0 spiro atoms. The van der Waals surface area contributed by atoms with Crippen molar-refractivity contribution < 1.29 is 4.79 Å². The fourth-order valence-electron chi connectivity index (χ4n) is 3.74. The smallest absolute Gasteiger partial charge is 0.272 e. The average molecular weight is 374 g/mol. The zero-order valence-corrected chi connectivity index (χ0v) is 16.8. The maximum atomic E-state index is 12.9. The number of nitrogens with one attached hydrogen (secondary N) is 1. The molecular formula is C24H27N3O. The molecule has 1 saturated heterocycles. The van der Waals surface area contributed by atoms with Crippen LogP contribution in [-0.2, 0) is 0 Å². The SMILES string of the molecule is Cc1ccc2nc(C(=O)N3CCCC3)cc(Nc3ccc(C(C)C)cc3)c2c1. The van der Waals surface area contributed by atoms with Gasteiger partial charge in [0, 0.05) is 24.2 Å². The van der Waals surface area contributed by atoms with E-state index in [1.54, 1.807) is 0 Å². The maximum absolute atomic E-state index is 12.9. The number of pyridine rings is 1. The van der Waals surface area contributed by atoms with E-state index in [9.17, 15) is 4.79 Å². The summed E-state index contributed by atoms with van der Waals surface area (Å²) in [7, 11) is 0. The van der Waals surface area contributed by atoms with Gasteiger partial charge in [-0.2, -0.15) is 0 Å². The highest BCUT2D eigenvalue weighted by molar-refractivity contribution is 6.00. The first-order valence-electron chi connectivity index (χ1n) is 10.1. The number of fused-ring (bicyclic) bond motifs is 1. The summed E-state index contributed by atoms with van der Waals surface area (Å²) in [5.41, 5.74) is 5.78. The van der Waals surface area contributed by atoms with Crippen LogP contribution in [0.3, 0.4) is 0 Å². The third-order valence-electron chi connectivity index (χ3n) is 5.43. The molecule has 28 heavy (non-hydrogen) atoms. The summed E-state index contributed by atoms with van der Waals surface area (Å²) in [4.78, 5) is 19.5. The Labute approximate surface area is 166 Å². The van der Waals surface area contributed by atoms with Crippen LogP contribution in [0.4, 0.5) is 11.4 Å². The summed E-state index contributed by atoms with van der Waals surface area (Å²) < 4.78 is 0. The van der Waals surface area contributed by atoms with Crippen LogP contribution in [0, 0.1) is 6.92 Å². The summed E-state index contributed by atoms with van der Waals surface area (Å²) in [6.07, 6.45) is 2.15. The van der Waals surface area contributed by atoms with E-state index in [1.807, 2.05) is 23.1 Å². The minimum atomic E-state index is 0.0261. The second-order valence-electron chi connectivity index (χ2n) is 7.98. The van der Waals surface area contributed by atoms with Crippen molar-refractivity contribution in [3.05, 3.63) is 65.4 Å². The molecule has 1 aromatic heterocycles. The lowest BCUT2D eigenvalue weighted by atomic mass is 10.0. The Hall–Kier alpha value is -2.88. The zero-order chi connectivity index (χ0) is 19.7. The van der Waals surface area contributed by atoms with Crippen molar-refractivity contribution in [2.24, 2.45) is 0 Å². The van der Waals surface area contributed by atoms with Crippen molar-refractivity contribution in [1.29, 1.82) is 0 Å². The summed E-state index contributed by atoms with van der Waals surface area (Å²) in [6.45, 7) is 8.11. The highest BCUT2D eigenvalue weighted by atomic mass is 16.2. The van der Waals surface area contributed by atoms with Crippen LogP contribution >= 0.6 is 0 Å². The number of amides is 1. The van der Waals surface area contributed by atoms with E-state index >= 15 is 0 Å². The van der Waals surface area contributed by atoms with Crippen molar-refractivity contribution in [1.82, 2.24) is 9.88 Å². The summed E-state index contributed by atoms with van der Waals surface area (Å²) in [5.74, 6) is 0.529. The van der Waals surface area contributed by atoms with Gasteiger partial charge in [-0.15, -0.1) is 0 Å². The normalized spacial score (nSPS) is 14.1. The Bertz CT molecular complexity index is 1000. The van der Waals surface area contributed by atoms with Crippen LogP contribution in [0.2, 0.25) is 0 Å². The fourth-order valence-corrected chi connectivity index (χ4v) is 3.74. The number of hydrogen-bond donors (Lipinski definition) is 1. The number of carbonyl (C=O) groups excluding carboxylic acids is 1. The third kappa shape index (κ3) is 3.72. The Balaban J connectivity index is 1.74. The van der Waals surface area contributed by atoms with Crippen LogP contribution < -0.4 is 5.32 Å². The number of rotatable bonds is 4. The van der Waals surface area contributed by atoms with Gasteiger partial charge in [0.2, 0.25) is 0 Å². The molecule has 4 rings (SSSR count). The van der Waals surface area contributed by atoms with Crippen molar-refractivity contribution in [2.75, 3.05) is 18.4 Å². The molecule has 4 nitrogen and oxygen atoms in total. The number of aryl methyl sites for hydroxylation is 1. The number of aromatic nitrogens is 1. The van der Waals surface area contributed by atoms with Gasteiger partial charge < -0.3 is 10.2 Å². The molecule has 4 heteroatoms. The molecule has 0 radical (unpaired) electrons. The highest BCUT2D eigenvalue weighted by Crippen LogP contribution is 2.29. The van der Waals surface area contributed by atoms with E-state index in [0.717, 1.165) is 48.2 Å². The molecule has 0 saturated carbocycles. The molecule has 1 fully saturated rings. The van der Waals surface area contributed by atoms with Gasteiger partial charge in [0.15, 0.2) is 0 Å². The maximum Gasteiger partial charge on any atom is 0.272 e. The molecule has 3 aromatic rings. The molecule has 2 heterocycles. The number of carbonyl (C=O) groups is 1. The number of benzene rings is 2. The van der Waals surface area contributed by atoms with E-state index in [1.165, 1.54) is 11.1 Å². The first-order valence-corrected chi connectivity index (χ1v) is 10.1. The van der Waals surface area contributed by atoms with Gasteiger partial charge in [-0.05, 0) is 61.6 Å². The predicted octanol–water partition coefficient (Wildman–Crippen LogP) is 5.65. The Kier molecular flexibility index (Phi) is 5.03. The summed E-state index contributed by atoms with van der Waals surface area (Å²) in [6, 6.07) is 16.6. The van der Waals surface area contributed by atoms with Crippen molar-refractivity contribution in [3.63, 3.8) is 0 Å². The highest BCUT2D eigenvalue weighted by Gasteiger charge is 2.22. The minimum Gasteiger partial charge on any atom is -0.355 e. The van der Waals surface area contributed by atoms with Crippen LogP contribution in [0.25, 0.3) is 10.9 Å². The van der Waals surface area contributed by atoms with Crippen LogP contribution in [0.15, 0.2) is 48.5 Å². The molecule has 2 aromatic carbocycles. The van der Waals surface area contributed by atoms with E-state index in [2.05, 4.69) is 61.4 Å². The lowest BCUT2D eigenvalue weighted by Crippen LogP contribution is -2.28. The number of hydrogen-bond acceptors (Lipinski definition) is 3. The molecule has 0 aliphatic carbocycles. The van der Waals surface area contributed by atoms with Gasteiger partial charge in [0.05, 0.1) is 11.2 Å². The van der Waals surface area contributed by atoms with Crippen molar-refractivity contribution in [2.45, 2.75) is 39.5 Å². The van der Waals surface area contributed by atoms with E-state index in [-0.39, 0.29) is 5.91 Å². The monoisotopic (exact) mass is 373 g/mol. The van der Waals surface area contributed by atoms with Gasteiger partial charge in [0.25, 0.3) is 5.91 Å². The van der Waals surface area contributed by atoms with Gasteiger partial charge in [-0.3, -0.25) is 4.79 Å². The first kappa shape index (κ1) is 18.5. The largest absolute Gasteiger partial charge is 0.355 e. The van der Waals surface area contributed by atoms with Gasteiger partial charge in [-0.25, -0.2) is 4.98 Å². The van der Waals surface area contributed by atoms with Crippen molar-refractivity contribution in [3.8, 4) is 0 Å². The average Bonchev–Trinajstić information content (AvgIpc) is 3.23. The molecule has 0 unspecified atom stereocenters. The van der Waals surface area contributed by atoms with Crippen LogP contribution in [0.1, 0.15) is 54.2 Å². The molecule has 1 aliphatic heterocycles. The second-order valence-corrected chi connectivity index (χ2v) is 7.98. The fraction of sp³-hybridized carbons (Fsp3) is 0.333. The predicted molar refractivity (Wildman–Crippen MR) is 115 cm³/mol. The topological polar surface area (TPSA) is 45.2 Å². The molecule has 144 valence electrons. The Morgan fingerprint density at radius 2 is 1.75 bits per heavy atom. The molecule has 0 bridgehead atoms. The standard InChI is InChI=1S/C24H27N3O/c1-16(2)18-7-9-19(10-8-18)25-22-15-23(24(28)27-12-4-5-13-27)26-21-11-6-17(3)14-20(21)22/h6-11,14-16H,4-5,12-13H2,1-3H3,(H,25,26). The van der Waals surface area contributed by atoms with E-state index in [4.69, 9.17) is 0 Å². The Morgan fingerprint density at radius 1 is 1.04 bits per heavy atom. The van der Waals surface area contributed by atoms with E-state index in [0.29, 0.717) is 11.6 Å². The number of nitrogens with zero attached hydrogens (tertiary/aromatic N) is 2. The number of anilines is 2. The van der Waals surface area contributed by atoms with E-state index < -0.39 is 0 Å². The summed E-state index contributed by atoms with van der Waals surface area (Å²) >= 11 is 0. The lowest BCUT2D eigenvalue weighted by molar-refractivity contribution is 0.0787. The second kappa shape index (κ2) is 7.63. The molecule has 1 aliphatic rings. The molecule has 1 N–H and O–H groups in total. The van der Waals surface area contributed by atoms with Crippen LogP contribution in [0.5, 0.6) is 0 Å². The first-order chi connectivity index (χ1) is 13.5. The third-order valence-corrected chi connectivity index (χ3v) is 5.43. The molecule has 1 amide bonds. The molecular weight excluding hydrogens is 346 g/mol. The zero-order valence-electron chi connectivity index (χ0n) is 16.8. The quantitative estimate of drug-likeness (QED) is 0.643. The number of likely N-dealkylation sites (tertiary alicyclic amines) is 1. The lowest BCUT2D eigenvalue weighted by Gasteiger charge is -2.17. The minimum absolute atomic E-state index is 0.0261. The summed E-state index contributed by atoms with van der Waals surface area (Å²) in [5, 5.41) is 4.55.